The third-order valence-corrected chi connectivity index (χ3v) is 5.03. The van der Waals surface area contributed by atoms with Crippen LogP contribution in [0.25, 0.3) is 0 Å². The number of fused-ring (bicyclic) bond motifs is 1. The first-order valence-electron chi connectivity index (χ1n) is 8.41. The number of hydrogen-bond acceptors (Lipinski definition) is 3. The maximum atomic E-state index is 12.2. The van der Waals surface area contributed by atoms with Crippen molar-refractivity contribution in [1.82, 2.24) is 20.0 Å². The predicted octanol–water partition coefficient (Wildman–Crippen LogP) is 3.16. The van der Waals surface area contributed by atoms with Crippen LogP contribution in [0.4, 0.5) is 5.82 Å². The van der Waals surface area contributed by atoms with Gasteiger partial charge >= 0.3 is 0 Å². The molecule has 1 fully saturated rings. The normalized spacial score (nSPS) is 20.7. The Bertz CT molecular complexity index is 781. The fraction of sp³-hybridized carbons (Fsp3) is 0.588. The molecule has 0 saturated heterocycles. The summed E-state index contributed by atoms with van der Waals surface area (Å²) in [4.78, 5) is 12.2. The molecule has 0 bridgehead atoms. The average molecular weight is 313 g/mol. The molecule has 122 valence electrons. The summed E-state index contributed by atoms with van der Waals surface area (Å²) < 4.78 is 2.06. The number of hydrogen-bond donors (Lipinski definition) is 2. The molecule has 0 aromatic carbocycles. The van der Waals surface area contributed by atoms with Crippen LogP contribution in [0.15, 0.2) is 0 Å². The van der Waals surface area contributed by atoms with Crippen LogP contribution >= 0.6 is 0 Å². The zero-order valence-electron chi connectivity index (χ0n) is 14.1. The third-order valence-electron chi connectivity index (χ3n) is 5.03. The Morgan fingerprint density at radius 1 is 1.22 bits per heavy atom. The van der Waals surface area contributed by atoms with Gasteiger partial charge < -0.3 is 5.32 Å². The minimum Gasteiger partial charge on any atom is -0.309 e. The molecule has 1 aliphatic heterocycles. The molecule has 3 heterocycles. The lowest BCUT2D eigenvalue weighted by molar-refractivity contribution is -0.116. The highest BCUT2D eigenvalue weighted by Crippen LogP contribution is 2.48. The number of aromatic nitrogens is 4. The molecule has 2 aromatic heterocycles. The van der Waals surface area contributed by atoms with E-state index in [1.54, 1.807) is 0 Å². The number of nitrogens with zero attached hydrogens (tertiary/aromatic N) is 3. The number of carbonyl (C=O) groups is 1. The highest BCUT2D eigenvalue weighted by Gasteiger charge is 2.39. The number of rotatable bonds is 3. The summed E-state index contributed by atoms with van der Waals surface area (Å²) in [7, 11) is 0. The Labute approximate surface area is 135 Å². The molecule has 2 aliphatic rings. The number of carbonyl (C=O) groups excluding carboxylic acids is 1. The van der Waals surface area contributed by atoms with Crippen molar-refractivity contribution in [2.45, 2.75) is 64.8 Å². The van der Waals surface area contributed by atoms with E-state index in [4.69, 9.17) is 5.10 Å². The van der Waals surface area contributed by atoms with E-state index in [0.717, 1.165) is 11.4 Å². The minimum atomic E-state index is 0.0347. The Morgan fingerprint density at radius 3 is 2.57 bits per heavy atom. The first kappa shape index (κ1) is 14.5. The molecule has 1 unspecified atom stereocenters. The van der Waals surface area contributed by atoms with Gasteiger partial charge in [-0.15, -0.1) is 0 Å². The van der Waals surface area contributed by atoms with E-state index in [1.807, 2.05) is 6.92 Å². The predicted molar refractivity (Wildman–Crippen MR) is 87.7 cm³/mol. The molecule has 23 heavy (non-hydrogen) atoms. The summed E-state index contributed by atoms with van der Waals surface area (Å²) in [5, 5.41) is 15.2. The zero-order valence-corrected chi connectivity index (χ0v) is 14.1. The lowest BCUT2D eigenvalue weighted by Crippen LogP contribution is -2.24. The summed E-state index contributed by atoms with van der Waals surface area (Å²) in [6.45, 7) is 8.42. The van der Waals surface area contributed by atoms with Crippen molar-refractivity contribution in [3.63, 3.8) is 0 Å². The van der Waals surface area contributed by atoms with E-state index in [1.165, 1.54) is 29.7 Å². The largest absolute Gasteiger partial charge is 0.309 e. The Morgan fingerprint density at radius 2 is 1.96 bits per heavy atom. The highest BCUT2D eigenvalue weighted by molar-refractivity contribution is 5.94. The van der Waals surface area contributed by atoms with Gasteiger partial charge in [0.05, 0.1) is 5.69 Å². The molecule has 1 saturated carbocycles. The lowest BCUT2D eigenvalue weighted by atomic mass is 9.83. The minimum absolute atomic E-state index is 0.0347. The number of amides is 1. The van der Waals surface area contributed by atoms with Gasteiger partial charge in [0.25, 0.3) is 0 Å². The summed E-state index contributed by atoms with van der Waals surface area (Å²) in [6, 6.07) is 0.312. The monoisotopic (exact) mass is 313 g/mol. The number of nitrogens with one attached hydrogen (secondary N) is 2. The van der Waals surface area contributed by atoms with Crippen molar-refractivity contribution in [3.8, 4) is 0 Å². The molecule has 4 rings (SSSR count). The summed E-state index contributed by atoms with van der Waals surface area (Å²) in [6.07, 6.45) is 2.88. The van der Waals surface area contributed by atoms with Gasteiger partial charge in [-0.2, -0.15) is 10.2 Å². The van der Waals surface area contributed by atoms with Gasteiger partial charge in [-0.1, -0.05) is 0 Å². The van der Waals surface area contributed by atoms with Gasteiger partial charge in [0, 0.05) is 46.8 Å². The van der Waals surface area contributed by atoms with E-state index < -0.39 is 0 Å². The van der Waals surface area contributed by atoms with Gasteiger partial charge in [-0.05, 0) is 40.5 Å². The molecule has 6 heteroatoms. The summed E-state index contributed by atoms with van der Waals surface area (Å²) >= 11 is 0. The fourth-order valence-electron chi connectivity index (χ4n) is 3.90. The Hall–Kier alpha value is -2.11. The van der Waals surface area contributed by atoms with Crippen molar-refractivity contribution in [3.05, 3.63) is 28.2 Å². The number of aromatic amines is 1. The molecule has 2 aromatic rings. The third kappa shape index (κ3) is 2.19. The average Bonchev–Trinajstić information content (AvgIpc) is 3.17. The highest BCUT2D eigenvalue weighted by atomic mass is 16.1. The van der Waals surface area contributed by atoms with Crippen molar-refractivity contribution >= 4 is 11.7 Å². The Kier molecular flexibility index (Phi) is 3.11. The van der Waals surface area contributed by atoms with Crippen LogP contribution < -0.4 is 5.32 Å². The summed E-state index contributed by atoms with van der Waals surface area (Å²) in [5.74, 6) is 1.38. The molecule has 0 radical (unpaired) electrons. The van der Waals surface area contributed by atoms with E-state index in [2.05, 4.69) is 41.0 Å². The van der Waals surface area contributed by atoms with Gasteiger partial charge in [0.15, 0.2) is 5.82 Å². The molecule has 2 N–H and O–H groups in total. The maximum absolute atomic E-state index is 12.2. The first-order chi connectivity index (χ1) is 11.0. The van der Waals surface area contributed by atoms with Crippen LogP contribution in [0.5, 0.6) is 0 Å². The smallest absolute Gasteiger partial charge is 0.226 e. The first-order valence-corrected chi connectivity index (χ1v) is 8.41. The maximum Gasteiger partial charge on any atom is 0.226 e. The van der Waals surface area contributed by atoms with E-state index in [-0.39, 0.29) is 11.8 Å². The number of aryl methyl sites for hydroxylation is 1. The van der Waals surface area contributed by atoms with Gasteiger partial charge in [0.1, 0.15) is 0 Å². The SMILES string of the molecule is Cc1nn(C(C)C)c(C)c1C1CC(=O)Nc2n[nH]c(C3CC3)c21. The van der Waals surface area contributed by atoms with Crippen LogP contribution in [0, 0.1) is 13.8 Å². The molecule has 1 atom stereocenters. The van der Waals surface area contributed by atoms with Crippen molar-refractivity contribution < 1.29 is 4.79 Å². The van der Waals surface area contributed by atoms with Gasteiger partial charge in [0.2, 0.25) is 5.91 Å². The van der Waals surface area contributed by atoms with Crippen LogP contribution in [0.1, 0.15) is 79.2 Å². The van der Waals surface area contributed by atoms with E-state index in [0.29, 0.717) is 24.2 Å². The number of H-pyrrole nitrogens is 1. The van der Waals surface area contributed by atoms with Crippen molar-refractivity contribution in [2.24, 2.45) is 0 Å². The van der Waals surface area contributed by atoms with Gasteiger partial charge in [-0.3, -0.25) is 14.6 Å². The number of anilines is 1. The van der Waals surface area contributed by atoms with Crippen molar-refractivity contribution in [2.75, 3.05) is 5.32 Å². The molecule has 1 amide bonds. The fourth-order valence-corrected chi connectivity index (χ4v) is 3.90. The molecular weight excluding hydrogens is 290 g/mol. The topological polar surface area (TPSA) is 75.6 Å². The van der Waals surface area contributed by atoms with E-state index in [9.17, 15) is 4.79 Å². The quantitative estimate of drug-likeness (QED) is 0.914. The Balaban J connectivity index is 1.87. The lowest BCUT2D eigenvalue weighted by Gasteiger charge is -2.24. The molecule has 6 nitrogen and oxygen atoms in total. The van der Waals surface area contributed by atoms with Crippen LogP contribution in [0.3, 0.4) is 0 Å². The van der Waals surface area contributed by atoms with E-state index >= 15 is 0 Å². The summed E-state index contributed by atoms with van der Waals surface area (Å²) in [5.41, 5.74) is 5.76. The standard InChI is InChI=1S/C17H23N5O/c1-8(2)22-10(4)14(9(3)21-22)12-7-13(23)18-17-15(12)16(19-20-17)11-5-6-11/h8,11-12H,5-7H2,1-4H3,(H2,18,19,20,23). The van der Waals surface area contributed by atoms with Crippen molar-refractivity contribution in [1.29, 1.82) is 0 Å². The second kappa shape index (κ2) is 4.94. The van der Waals surface area contributed by atoms with Crippen LogP contribution in [0.2, 0.25) is 0 Å². The van der Waals surface area contributed by atoms with Gasteiger partial charge in [-0.25, -0.2) is 0 Å². The second-order valence-corrected chi connectivity index (χ2v) is 7.10. The molecular formula is C17H23N5O. The van der Waals surface area contributed by atoms with Crippen LogP contribution in [-0.2, 0) is 4.79 Å². The molecule has 0 spiro atoms. The second-order valence-electron chi connectivity index (χ2n) is 7.10. The zero-order chi connectivity index (χ0) is 16.3. The van der Waals surface area contributed by atoms with Crippen LogP contribution in [-0.4, -0.2) is 25.9 Å². The molecule has 1 aliphatic carbocycles.